The summed E-state index contributed by atoms with van der Waals surface area (Å²) in [5.74, 6) is 0.932. The van der Waals surface area contributed by atoms with Crippen LogP contribution >= 0.6 is 15.9 Å². The normalized spacial score (nSPS) is 13.4. The van der Waals surface area contributed by atoms with Gasteiger partial charge in [-0.2, -0.15) is 0 Å². The van der Waals surface area contributed by atoms with Gasteiger partial charge in [-0.1, -0.05) is 42.8 Å². The standard InChI is InChI=1S/C15H24BrNO/c1-15(2,3)14(17-4)9-6-10-18-13-8-5-7-12(16)11-13/h5,7-8,11,14,17H,6,9-10H2,1-4H3. The van der Waals surface area contributed by atoms with Crippen LogP contribution < -0.4 is 10.1 Å². The Morgan fingerprint density at radius 2 is 2.06 bits per heavy atom. The van der Waals surface area contributed by atoms with Gasteiger partial charge in [-0.15, -0.1) is 0 Å². The number of ether oxygens (including phenoxy) is 1. The van der Waals surface area contributed by atoms with Crippen LogP contribution in [0, 0.1) is 5.41 Å². The van der Waals surface area contributed by atoms with E-state index in [2.05, 4.69) is 42.0 Å². The number of hydrogen-bond acceptors (Lipinski definition) is 2. The van der Waals surface area contributed by atoms with Gasteiger partial charge >= 0.3 is 0 Å². The van der Waals surface area contributed by atoms with Gasteiger partial charge in [0.1, 0.15) is 5.75 Å². The second-order valence-corrected chi connectivity index (χ2v) is 6.57. The SMILES string of the molecule is CNC(CCCOc1cccc(Br)c1)C(C)(C)C. The zero-order valence-corrected chi connectivity index (χ0v) is 13.4. The lowest BCUT2D eigenvalue weighted by Gasteiger charge is -2.30. The summed E-state index contributed by atoms with van der Waals surface area (Å²) in [6.07, 6.45) is 2.20. The van der Waals surface area contributed by atoms with E-state index in [1.807, 2.05) is 31.3 Å². The molecule has 0 amide bonds. The molecule has 3 heteroatoms. The Morgan fingerprint density at radius 1 is 1.33 bits per heavy atom. The fourth-order valence-corrected chi connectivity index (χ4v) is 2.42. The molecule has 0 aliphatic rings. The number of rotatable bonds is 6. The zero-order valence-electron chi connectivity index (χ0n) is 11.8. The van der Waals surface area contributed by atoms with E-state index in [-0.39, 0.29) is 0 Å². The van der Waals surface area contributed by atoms with Crippen molar-refractivity contribution in [3.8, 4) is 5.75 Å². The van der Waals surface area contributed by atoms with Gasteiger partial charge in [0.05, 0.1) is 6.61 Å². The van der Waals surface area contributed by atoms with Gasteiger partial charge < -0.3 is 10.1 Å². The van der Waals surface area contributed by atoms with Crippen molar-refractivity contribution in [1.29, 1.82) is 0 Å². The summed E-state index contributed by atoms with van der Waals surface area (Å²) in [6, 6.07) is 8.52. The second kappa shape index (κ2) is 7.15. The average molecular weight is 314 g/mol. The van der Waals surface area contributed by atoms with Crippen LogP contribution in [0.3, 0.4) is 0 Å². The Kier molecular flexibility index (Phi) is 6.16. The number of benzene rings is 1. The van der Waals surface area contributed by atoms with Crippen LogP contribution in [0.5, 0.6) is 5.75 Å². The van der Waals surface area contributed by atoms with Crippen molar-refractivity contribution in [1.82, 2.24) is 5.32 Å². The molecular formula is C15H24BrNO. The van der Waals surface area contributed by atoms with E-state index in [1.165, 1.54) is 0 Å². The summed E-state index contributed by atoms with van der Waals surface area (Å²) in [5.41, 5.74) is 0.296. The lowest BCUT2D eigenvalue weighted by molar-refractivity contribution is 0.237. The summed E-state index contributed by atoms with van der Waals surface area (Å²) in [6.45, 7) is 7.57. The minimum atomic E-state index is 0.296. The van der Waals surface area contributed by atoms with Gasteiger partial charge in [-0.05, 0) is 43.5 Å². The molecule has 0 aliphatic heterocycles. The minimum absolute atomic E-state index is 0.296. The predicted molar refractivity (Wildman–Crippen MR) is 81.2 cm³/mol. The summed E-state index contributed by atoms with van der Waals surface area (Å²) in [4.78, 5) is 0. The molecule has 0 bridgehead atoms. The molecule has 0 saturated carbocycles. The highest BCUT2D eigenvalue weighted by Gasteiger charge is 2.22. The molecule has 1 N–H and O–H groups in total. The highest BCUT2D eigenvalue weighted by Crippen LogP contribution is 2.23. The van der Waals surface area contributed by atoms with Crippen molar-refractivity contribution in [2.75, 3.05) is 13.7 Å². The number of nitrogens with one attached hydrogen (secondary N) is 1. The average Bonchev–Trinajstić information content (AvgIpc) is 2.27. The van der Waals surface area contributed by atoms with Gasteiger partial charge in [0.2, 0.25) is 0 Å². The van der Waals surface area contributed by atoms with Gasteiger partial charge in [-0.25, -0.2) is 0 Å². The van der Waals surface area contributed by atoms with E-state index >= 15 is 0 Å². The van der Waals surface area contributed by atoms with E-state index in [1.54, 1.807) is 0 Å². The van der Waals surface area contributed by atoms with Crippen LogP contribution in [0.25, 0.3) is 0 Å². The zero-order chi connectivity index (χ0) is 13.6. The monoisotopic (exact) mass is 313 g/mol. The Bertz CT molecular complexity index is 360. The second-order valence-electron chi connectivity index (χ2n) is 5.66. The van der Waals surface area contributed by atoms with Gasteiger partial charge in [0, 0.05) is 10.5 Å². The third-order valence-corrected chi connectivity index (χ3v) is 3.59. The first-order valence-electron chi connectivity index (χ1n) is 6.49. The van der Waals surface area contributed by atoms with Crippen molar-refractivity contribution < 1.29 is 4.74 Å². The topological polar surface area (TPSA) is 21.3 Å². The number of halogens is 1. The summed E-state index contributed by atoms with van der Waals surface area (Å²) in [5, 5.41) is 3.39. The first-order valence-corrected chi connectivity index (χ1v) is 7.28. The van der Waals surface area contributed by atoms with Crippen molar-refractivity contribution >= 4 is 15.9 Å². The van der Waals surface area contributed by atoms with Crippen LogP contribution in [0.2, 0.25) is 0 Å². The molecule has 18 heavy (non-hydrogen) atoms. The lowest BCUT2D eigenvalue weighted by atomic mass is 9.84. The van der Waals surface area contributed by atoms with Crippen LogP contribution in [0.4, 0.5) is 0 Å². The number of hydrogen-bond donors (Lipinski definition) is 1. The van der Waals surface area contributed by atoms with Crippen LogP contribution in [-0.4, -0.2) is 19.7 Å². The predicted octanol–water partition coefficient (Wildman–Crippen LogP) is 4.24. The molecule has 1 aromatic carbocycles. The molecule has 0 aliphatic carbocycles. The molecule has 1 rings (SSSR count). The van der Waals surface area contributed by atoms with Crippen LogP contribution in [0.1, 0.15) is 33.6 Å². The van der Waals surface area contributed by atoms with E-state index in [9.17, 15) is 0 Å². The Labute approximate surface area is 119 Å². The third-order valence-electron chi connectivity index (χ3n) is 3.10. The molecule has 0 saturated heterocycles. The van der Waals surface area contributed by atoms with E-state index in [0.29, 0.717) is 11.5 Å². The molecule has 0 aromatic heterocycles. The minimum Gasteiger partial charge on any atom is -0.494 e. The summed E-state index contributed by atoms with van der Waals surface area (Å²) in [7, 11) is 2.03. The smallest absolute Gasteiger partial charge is 0.120 e. The Morgan fingerprint density at radius 3 is 2.61 bits per heavy atom. The molecule has 1 unspecified atom stereocenters. The van der Waals surface area contributed by atoms with Crippen LogP contribution in [-0.2, 0) is 0 Å². The fourth-order valence-electron chi connectivity index (χ4n) is 2.04. The molecule has 1 aromatic rings. The molecule has 0 heterocycles. The quantitative estimate of drug-likeness (QED) is 0.793. The first kappa shape index (κ1) is 15.5. The fraction of sp³-hybridized carbons (Fsp3) is 0.600. The molecular weight excluding hydrogens is 290 g/mol. The molecule has 102 valence electrons. The highest BCUT2D eigenvalue weighted by molar-refractivity contribution is 9.10. The Hall–Kier alpha value is -0.540. The molecule has 0 fully saturated rings. The highest BCUT2D eigenvalue weighted by atomic mass is 79.9. The summed E-state index contributed by atoms with van der Waals surface area (Å²) >= 11 is 3.44. The molecule has 2 nitrogen and oxygen atoms in total. The van der Waals surface area contributed by atoms with Gasteiger partial charge in [0.25, 0.3) is 0 Å². The maximum atomic E-state index is 5.74. The largest absolute Gasteiger partial charge is 0.494 e. The Balaban J connectivity index is 2.30. The van der Waals surface area contributed by atoms with Gasteiger partial charge in [0.15, 0.2) is 0 Å². The van der Waals surface area contributed by atoms with Gasteiger partial charge in [-0.3, -0.25) is 0 Å². The van der Waals surface area contributed by atoms with Crippen molar-refractivity contribution in [3.63, 3.8) is 0 Å². The van der Waals surface area contributed by atoms with Crippen molar-refractivity contribution in [2.45, 2.75) is 39.7 Å². The van der Waals surface area contributed by atoms with Crippen molar-refractivity contribution in [2.24, 2.45) is 5.41 Å². The molecule has 0 radical (unpaired) electrons. The summed E-state index contributed by atoms with van der Waals surface area (Å²) < 4.78 is 6.79. The first-order chi connectivity index (χ1) is 8.43. The third kappa shape index (κ3) is 5.40. The molecule has 1 atom stereocenters. The van der Waals surface area contributed by atoms with E-state index in [0.717, 1.165) is 29.7 Å². The maximum Gasteiger partial charge on any atom is 0.120 e. The van der Waals surface area contributed by atoms with E-state index < -0.39 is 0 Å². The lowest BCUT2D eigenvalue weighted by Crippen LogP contribution is -2.38. The maximum absolute atomic E-state index is 5.74. The molecule has 0 spiro atoms. The van der Waals surface area contributed by atoms with E-state index in [4.69, 9.17) is 4.74 Å². The van der Waals surface area contributed by atoms with Crippen molar-refractivity contribution in [3.05, 3.63) is 28.7 Å². The van der Waals surface area contributed by atoms with Crippen LogP contribution in [0.15, 0.2) is 28.7 Å².